The van der Waals surface area contributed by atoms with E-state index in [1.54, 1.807) is 18.2 Å². The molecule has 25 heavy (non-hydrogen) atoms. The largest absolute Gasteiger partial charge is 0.489 e. The van der Waals surface area contributed by atoms with Crippen molar-refractivity contribution in [2.75, 3.05) is 0 Å². The molecule has 0 radical (unpaired) electrons. The molecule has 1 N–H and O–H groups in total. The van der Waals surface area contributed by atoms with Gasteiger partial charge in [0.15, 0.2) is 0 Å². The molecule has 5 nitrogen and oxygen atoms in total. The molecule has 3 rings (SSSR count). The molecule has 5 heteroatoms. The Kier molecular flexibility index (Phi) is 4.57. The molecule has 0 saturated heterocycles. The van der Waals surface area contributed by atoms with Crippen molar-refractivity contribution in [1.82, 2.24) is 0 Å². The van der Waals surface area contributed by atoms with E-state index in [9.17, 15) is 9.59 Å². The normalized spacial score (nSPS) is 11.0. The predicted molar refractivity (Wildman–Crippen MR) is 94.3 cm³/mol. The minimum absolute atomic E-state index is 0.294. The summed E-state index contributed by atoms with van der Waals surface area (Å²) in [5.41, 5.74) is 1.34. The van der Waals surface area contributed by atoms with E-state index in [-0.39, 0.29) is 5.56 Å². The van der Waals surface area contributed by atoms with Gasteiger partial charge in [-0.1, -0.05) is 38.1 Å². The second-order valence-electron chi connectivity index (χ2n) is 6.14. The first-order valence-electron chi connectivity index (χ1n) is 7.97. The van der Waals surface area contributed by atoms with E-state index in [2.05, 4.69) is 26.0 Å². The summed E-state index contributed by atoms with van der Waals surface area (Å²) in [6, 6.07) is 14.5. The third-order valence-electron chi connectivity index (χ3n) is 3.99. The Bertz CT molecular complexity index is 968. The van der Waals surface area contributed by atoms with Crippen LogP contribution < -0.4 is 10.4 Å². The molecule has 0 aliphatic heterocycles. The van der Waals surface area contributed by atoms with Crippen molar-refractivity contribution in [3.8, 4) is 5.75 Å². The summed E-state index contributed by atoms with van der Waals surface area (Å²) in [5, 5.41) is 9.49. The molecular formula is C20H18O5. The molecule has 0 amide bonds. The van der Waals surface area contributed by atoms with Gasteiger partial charge in [0.2, 0.25) is 0 Å². The van der Waals surface area contributed by atoms with Crippen molar-refractivity contribution in [1.29, 1.82) is 0 Å². The van der Waals surface area contributed by atoms with Gasteiger partial charge in [0.05, 0.1) is 0 Å². The molecule has 0 aliphatic carbocycles. The molecule has 0 bridgehead atoms. The Morgan fingerprint density at radius 3 is 2.48 bits per heavy atom. The van der Waals surface area contributed by atoms with Gasteiger partial charge in [0.1, 0.15) is 23.5 Å². The highest BCUT2D eigenvalue weighted by Crippen LogP contribution is 2.22. The molecule has 0 unspecified atom stereocenters. The second kappa shape index (κ2) is 6.81. The monoisotopic (exact) mass is 338 g/mol. The van der Waals surface area contributed by atoms with Gasteiger partial charge in [-0.05, 0) is 35.2 Å². The summed E-state index contributed by atoms with van der Waals surface area (Å²) in [4.78, 5) is 22.6. The van der Waals surface area contributed by atoms with Gasteiger partial charge in [-0.15, -0.1) is 0 Å². The van der Waals surface area contributed by atoms with E-state index < -0.39 is 11.6 Å². The summed E-state index contributed by atoms with van der Waals surface area (Å²) >= 11 is 0. The molecule has 0 spiro atoms. The second-order valence-corrected chi connectivity index (χ2v) is 6.14. The predicted octanol–water partition coefficient (Wildman–Crippen LogP) is 4.19. The lowest BCUT2D eigenvalue weighted by atomic mass is 10.0. The van der Waals surface area contributed by atoms with Crippen molar-refractivity contribution in [2.24, 2.45) is 0 Å². The lowest BCUT2D eigenvalue weighted by Gasteiger charge is -2.09. The first kappa shape index (κ1) is 16.8. The first-order valence-corrected chi connectivity index (χ1v) is 7.97. The summed E-state index contributed by atoms with van der Waals surface area (Å²) in [6.45, 7) is 4.68. The van der Waals surface area contributed by atoms with E-state index in [0.29, 0.717) is 29.2 Å². The summed E-state index contributed by atoms with van der Waals surface area (Å²) < 4.78 is 10.8. The summed E-state index contributed by atoms with van der Waals surface area (Å²) in [6.07, 6.45) is 0. The summed E-state index contributed by atoms with van der Waals surface area (Å²) in [7, 11) is 0. The van der Waals surface area contributed by atoms with Crippen LogP contribution in [-0.2, 0) is 6.61 Å². The van der Waals surface area contributed by atoms with E-state index in [1.165, 1.54) is 11.6 Å². The Morgan fingerprint density at radius 1 is 1.12 bits per heavy atom. The molecule has 1 heterocycles. The Balaban J connectivity index is 1.79. The number of carboxylic acid groups (broad SMARTS) is 1. The minimum atomic E-state index is -1.30. The van der Waals surface area contributed by atoms with Crippen molar-refractivity contribution < 1.29 is 19.1 Å². The van der Waals surface area contributed by atoms with E-state index in [4.69, 9.17) is 14.3 Å². The number of fused-ring (bicyclic) bond motifs is 1. The molecule has 128 valence electrons. The van der Waals surface area contributed by atoms with Crippen LogP contribution in [0.4, 0.5) is 0 Å². The average molecular weight is 338 g/mol. The van der Waals surface area contributed by atoms with Crippen LogP contribution in [0, 0.1) is 0 Å². The highest BCUT2D eigenvalue weighted by molar-refractivity contribution is 5.91. The average Bonchev–Trinajstić information content (AvgIpc) is 2.59. The number of rotatable bonds is 5. The quantitative estimate of drug-likeness (QED) is 0.706. The molecule has 0 fully saturated rings. The fraction of sp³-hybridized carbons (Fsp3) is 0.200. The zero-order chi connectivity index (χ0) is 18.0. The minimum Gasteiger partial charge on any atom is -0.489 e. The molecular weight excluding hydrogens is 320 g/mol. The van der Waals surface area contributed by atoms with Crippen molar-refractivity contribution >= 4 is 16.9 Å². The van der Waals surface area contributed by atoms with Gasteiger partial charge in [-0.3, -0.25) is 0 Å². The van der Waals surface area contributed by atoms with Gasteiger partial charge >= 0.3 is 11.6 Å². The number of hydrogen-bond donors (Lipinski definition) is 1. The summed E-state index contributed by atoms with van der Waals surface area (Å²) in [5.74, 6) is -0.276. The van der Waals surface area contributed by atoms with Gasteiger partial charge in [-0.25, -0.2) is 9.59 Å². The number of carbonyl (C=O) groups is 1. The van der Waals surface area contributed by atoms with E-state index in [0.717, 1.165) is 5.56 Å². The molecule has 3 aromatic rings. The number of carboxylic acids is 1. The lowest BCUT2D eigenvalue weighted by Crippen LogP contribution is -2.12. The maximum atomic E-state index is 11.7. The smallest absolute Gasteiger partial charge is 0.351 e. The standard InChI is InChI=1S/C20H18O5/c1-12(2)14-5-3-13(4-6-14)11-24-16-8-7-15-9-17(19(21)22)20(23)25-18(15)10-16/h3-10,12H,11H2,1-2H3,(H,21,22). The van der Waals surface area contributed by atoms with Gasteiger partial charge in [0, 0.05) is 11.5 Å². The third-order valence-corrected chi connectivity index (χ3v) is 3.99. The van der Waals surface area contributed by atoms with Crippen LogP contribution >= 0.6 is 0 Å². The van der Waals surface area contributed by atoms with Crippen molar-refractivity contribution in [3.05, 3.63) is 75.6 Å². The van der Waals surface area contributed by atoms with E-state index in [1.807, 2.05) is 12.1 Å². The highest BCUT2D eigenvalue weighted by atomic mass is 16.5. The van der Waals surface area contributed by atoms with Crippen molar-refractivity contribution in [2.45, 2.75) is 26.4 Å². The van der Waals surface area contributed by atoms with Crippen LogP contribution in [0.25, 0.3) is 11.0 Å². The zero-order valence-electron chi connectivity index (χ0n) is 14.0. The first-order chi connectivity index (χ1) is 11.9. The van der Waals surface area contributed by atoms with Gasteiger partial charge in [0.25, 0.3) is 0 Å². The topological polar surface area (TPSA) is 76.7 Å². The number of benzene rings is 2. The maximum absolute atomic E-state index is 11.7. The Hall–Kier alpha value is -3.08. The fourth-order valence-corrected chi connectivity index (χ4v) is 2.50. The fourth-order valence-electron chi connectivity index (χ4n) is 2.50. The number of hydrogen-bond acceptors (Lipinski definition) is 4. The molecule has 0 atom stereocenters. The zero-order valence-corrected chi connectivity index (χ0v) is 14.0. The van der Waals surface area contributed by atoms with Crippen LogP contribution in [-0.4, -0.2) is 11.1 Å². The van der Waals surface area contributed by atoms with Crippen molar-refractivity contribution in [3.63, 3.8) is 0 Å². The van der Waals surface area contributed by atoms with Crippen LogP contribution in [0.2, 0.25) is 0 Å². The van der Waals surface area contributed by atoms with Crippen LogP contribution in [0.3, 0.4) is 0 Å². The maximum Gasteiger partial charge on any atom is 0.351 e. The Morgan fingerprint density at radius 2 is 1.84 bits per heavy atom. The number of aromatic carboxylic acids is 1. The van der Waals surface area contributed by atoms with Crippen LogP contribution in [0.5, 0.6) is 5.75 Å². The molecule has 0 aliphatic rings. The molecule has 1 aromatic heterocycles. The SMILES string of the molecule is CC(C)c1ccc(COc2ccc3cc(C(=O)O)c(=O)oc3c2)cc1. The molecule has 2 aromatic carbocycles. The lowest BCUT2D eigenvalue weighted by molar-refractivity contribution is 0.0692. The van der Waals surface area contributed by atoms with Gasteiger partial charge < -0.3 is 14.3 Å². The number of ether oxygens (including phenoxy) is 1. The van der Waals surface area contributed by atoms with Crippen LogP contribution in [0.1, 0.15) is 41.3 Å². The third kappa shape index (κ3) is 3.71. The van der Waals surface area contributed by atoms with Crippen LogP contribution in [0.15, 0.2) is 57.7 Å². The van der Waals surface area contributed by atoms with Gasteiger partial charge in [-0.2, -0.15) is 0 Å². The molecule has 0 saturated carbocycles. The van der Waals surface area contributed by atoms with E-state index >= 15 is 0 Å². The highest BCUT2D eigenvalue weighted by Gasteiger charge is 2.12. The Labute approximate surface area is 144 Å².